The zero-order valence-corrected chi connectivity index (χ0v) is 18.8. The first-order valence-electron chi connectivity index (χ1n) is 10.8. The van der Waals surface area contributed by atoms with E-state index in [4.69, 9.17) is 4.74 Å². The number of hydrogen-bond donors (Lipinski definition) is 1. The lowest BCUT2D eigenvalue weighted by Gasteiger charge is -2.29. The van der Waals surface area contributed by atoms with Gasteiger partial charge in [-0.3, -0.25) is 9.59 Å². The highest BCUT2D eigenvalue weighted by atomic mass is 19.4. The third-order valence-corrected chi connectivity index (χ3v) is 5.78. The van der Waals surface area contributed by atoms with E-state index < -0.39 is 17.6 Å². The molecule has 0 unspecified atom stereocenters. The van der Waals surface area contributed by atoms with E-state index in [-0.39, 0.29) is 11.1 Å². The highest BCUT2D eigenvalue weighted by Gasteiger charge is 2.31. The molecule has 0 spiro atoms. The molecule has 1 saturated heterocycles. The van der Waals surface area contributed by atoms with Crippen LogP contribution in [0.2, 0.25) is 0 Å². The van der Waals surface area contributed by atoms with E-state index in [9.17, 15) is 22.8 Å². The summed E-state index contributed by atoms with van der Waals surface area (Å²) in [5.41, 5.74) is 2.00. The standard InChI is InChI=1S/C25H24F3N3O3/c1-16-6-7-19(29-23(32)17-4-3-5-18(12-17)25(26,27)28)13-21(16)22-14-20(15-30(2)24(22)33)31-8-10-34-11-9-31/h3-7,12-15H,8-11H2,1-2H3,(H,29,32). The molecule has 4 rings (SSSR count). The Bertz CT molecular complexity index is 1280. The van der Waals surface area contributed by atoms with Crippen molar-refractivity contribution in [2.45, 2.75) is 13.1 Å². The van der Waals surface area contributed by atoms with Gasteiger partial charge in [0.25, 0.3) is 11.5 Å². The molecule has 0 saturated carbocycles. The van der Waals surface area contributed by atoms with Gasteiger partial charge in [-0.05, 0) is 54.4 Å². The van der Waals surface area contributed by atoms with Crippen LogP contribution in [-0.2, 0) is 18.0 Å². The number of amides is 1. The number of morpholine rings is 1. The van der Waals surface area contributed by atoms with Gasteiger partial charge in [-0.25, -0.2) is 0 Å². The van der Waals surface area contributed by atoms with Gasteiger partial charge in [0.2, 0.25) is 0 Å². The summed E-state index contributed by atoms with van der Waals surface area (Å²) in [6.45, 7) is 4.49. The van der Waals surface area contributed by atoms with Crippen molar-refractivity contribution in [3.63, 3.8) is 0 Å². The van der Waals surface area contributed by atoms with Crippen molar-refractivity contribution in [3.05, 3.63) is 81.8 Å². The Morgan fingerprint density at radius 2 is 1.76 bits per heavy atom. The molecule has 2 heterocycles. The summed E-state index contributed by atoms with van der Waals surface area (Å²) in [5.74, 6) is -0.670. The average molecular weight is 471 g/mol. The van der Waals surface area contributed by atoms with Gasteiger partial charge in [0.1, 0.15) is 0 Å². The van der Waals surface area contributed by atoms with Crippen molar-refractivity contribution < 1.29 is 22.7 Å². The number of halogens is 3. The third-order valence-electron chi connectivity index (χ3n) is 5.78. The van der Waals surface area contributed by atoms with Gasteiger partial charge in [0.15, 0.2) is 0 Å². The summed E-state index contributed by atoms with van der Waals surface area (Å²) in [4.78, 5) is 27.8. The zero-order chi connectivity index (χ0) is 24.5. The van der Waals surface area contributed by atoms with Crippen molar-refractivity contribution in [3.8, 4) is 11.1 Å². The van der Waals surface area contributed by atoms with Gasteiger partial charge in [-0.1, -0.05) is 12.1 Å². The molecule has 6 nitrogen and oxygen atoms in total. The lowest BCUT2D eigenvalue weighted by Crippen LogP contribution is -2.37. The van der Waals surface area contributed by atoms with Crippen LogP contribution in [0.15, 0.2) is 59.5 Å². The molecule has 0 aliphatic carbocycles. The van der Waals surface area contributed by atoms with Crippen molar-refractivity contribution in [1.29, 1.82) is 0 Å². The molecule has 9 heteroatoms. The van der Waals surface area contributed by atoms with Crippen LogP contribution in [0.25, 0.3) is 11.1 Å². The number of hydrogen-bond acceptors (Lipinski definition) is 4. The number of pyridine rings is 1. The van der Waals surface area contributed by atoms with Crippen molar-refractivity contribution in [2.24, 2.45) is 7.05 Å². The van der Waals surface area contributed by atoms with E-state index in [2.05, 4.69) is 10.2 Å². The van der Waals surface area contributed by atoms with Gasteiger partial charge in [0.05, 0.1) is 24.5 Å². The predicted molar refractivity (Wildman–Crippen MR) is 124 cm³/mol. The number of carbonyl (C=O) groups excluding carboxylic acids is 1. The molecule has 0 bridgehead atoms. The summed E-state index contributed by atoms with van der Waals surface area (Å²) < 4.78 is 46.0. The first kappa shape index (κ1) is 23.6. The Morgan fingerprint density at radius 1 is 1.03 bits per heavy atom. The SMILES string of the molecule is Cc1ccc(NC(=O)c2cccc(C(F)(F)F)c2)cc1-c1cc(N2CCOCC2)cn(C)c1=O. The zero-order valence-electron chi connectivity index (χ0n) is 18.8. The van der Waals surface area contributed by atoms with E-state index in [1.165, 1.54) is 16.7 Å². The van der Waals surface area contributed by atoms with Crippen molar-refractivity contribution in [1.82, 2.24) is 4.57 Å². The van der Waals surface area contributed by atoms with Crippen molar-refractivity contribution in [2.75, 3.05) is 36.5 Å². The van der Waals surface area contributed by atoms with Gasteiger partial charge in [-0.2, -0.15) is 13.2 Å². The maximum Gasteiger partial charge on any atom is 0.416 e. The molecule has 178 valence electrons. The molecule has 1 aliphatic rings. The van der Waals surface area contributed by atoms with E-state index in [1.807, 2.05) is 13.0 Å². The predicted octanol–water partition coefficient (Wildman–Crippen LogP) is 4.47. The quantitative estimate of drug-likeness (QED) is 0.610. The van der Waals surface area contributed by atoms with Crippen LogP contribution in [0.5, 0.6) is 0 Å². The molecule has 1 aromatic heterocycles. The first-order chi connectivity index (χ1) is 16.1. The number of rotatable bonds is 4. The molecule has 2 aromatic carbocycles. The summed E-state index contributed by atoms with van der Waals surface area (Å²) in [6, 6.07) is 11.2. The van der Waals surface area contributed by atoms with Crippen LogP contribution in [0.1, 0.15) is 21.5 Å². The highest BCUT2D eigenvalue weighted by Crippen LogP contribution is 2.30. The number of ether oxygens (including phenoxy) is 1. The van der Waals surface area contributed by atoms with Gasteiger partial charge >= 0.3 is 6.18 Å². The molecule has 34 heavy (non-hydrogen) atoms. The first-order valence-corrected chi connectivity index (χ1v) is 10.8. The average Bonchev–Trinajstić information content (AvgIpc) is 2.82. The Hall–Kier alpha value is -3.59. The van der Waals surface area contributed by atoms with E-state index >= 15 is 0 Å². The summed E-state index contributed by atoms with van der Waals surface area (Å²) in [6.07, 6.45) is -2.76. The normalized spacial score (nSPS) is 14.2. The highest BCUT2D eigenvalue weighted by molar-refractivity contribution is 6.04. The van der Waals surface area contributed by atoms with Crippen LogP contribution < -0.4 is 15.8 Å². The van der Waals surface area contributed by atoms with Gasteiger partial charge < -0.3 is 19.5 Å². The number of nitrogens with one attached hydrogen (secondary N) is 1. The molecule has 1 aliphatic heterocycles. The molecule has 3 aromatic rings. The Labute approximate surface area is 194 Å². The number of alkyl halides is 3. The van der Waals surface area contributed by atoms with Crippen LogP contribution in [0.3, 0.4) is 0 Å². The Kier molecular flexibility index (Phi) is 6.47. The summed E-state index contributed by atoms with van der Waals surface area (Å²) in [7, 11) is 1.68. The fourth-order valence-corrected chi connectivity index (χ4v) is 3.91. The minimum Gasteiger partial charge on any atom is -0.378 e. The largest absolute Gasteiger partial charge is 0.416 e. The Morgan fingerprint density at radius 3 is 2.47 bits per heavy atom. The van der Waals surface area contributed by atoms with Gasteiger partial charge in [0, 0.05) is 43.1 Å². The van der Waals surface area contributed by atoms with E-state index in [0.717, 1.165) is 23.4 Å². The lowest BCUT2D eigenvalue weighted by atomic mass is 10.00. The van der Waals surface area contributed by atoms with E-state index in [0.29, 0.717) is 43.1 Å². The lowest BCUT2D eigenvalue weighted by molar-refractivity contribution is -0.137. The minimum absolute atomic E-state index is 0.109. The van der Waals surface area contributed by atoms with Gasteiger partial charge in [-0.15, -0.1) is 0 Å². The second kappa shape index (κ2) is 9.34. The fourth-order valence-electron chi connectivity index (χ4n) is 3.91. The third kappa shape index (κ3) is 4.99. The van der Waals surface area contributed by atoms with Crippen LogP contribution in [0, 0.1) is 6.92 Å². The second-order valence-electron chi connectivity index (χ2n) is 8.19. The monoisotopic (exact) mass is 471 g/mol. The summed E-state index contributed by atoms with van der Waals surface area (Å²) in [5, 5.41) is 2.64. The number of benzene rings is 2. The number of carbonyl (C=O) groups is 1. The number of aromatic nitrogens is 1. The van der Waals surface area contributed by atoms with E-state index in [1.54, 1.807) is 31.4 Å². The second-order valence-corrected chi connectivity index (χ2v) is 8.19. The molecular formula is C25H24F3N3O3. The molecule has 1 amide bonds. The van der Waals surface area contributed by atoms with Crippen LogP contribution in [-0.4, -0.2) is 36.8 Å². The molecule has 0 radical (unpaired) electrons. The Balaban J connectivity index is 1.66. The maximum absolute atomic E-state index is 13.0. The minimum atomic E-state index is -4.54. The molecular weight excluding hydrogens is 447 g/mol. The number of aryl methyl sites for hydroxylation is 2. The van der Waals surface area contributed by atoms with Crippen molar-refractivity contribution >= 4 is 17.3 Å². The van der Waals surface area contributed by atoms with Crippen LogP contribution in [0.4, 0.5) is 24.5 Å². The molecule has 0 atom stereocenters. The topological polar surface area (TPSA) is 63.6 Å². The smallest absolute Gasteiger partial charge is 0.378 e. The van der Waals surface area contributed by atoms with Crippen LogP contribution >= 0.6 is 0 Å². The molecule has 1 fully saturated rings. The fraction of sp³-hybridized carbons (Fsp3) is 0.280. The number of anilines is 2. The summed E-state index contributed by atoms with van der Waals surface area (Å²) >= 11 is 0. The maximum atomic E-state index is 13.0. The molecule has 1 N–H and O–H groups in total. The number of nitrogens with zero attached hydrogens (tertiary/aromatic N) is 2.